The van der Waals surface area contributed by atoms with E-state index in [1.165, 1.54) is 0 Å². The molecule has 0 aromatic carbocycles. The molecule has 6 heteroatoms. The highest BCUT2D eigenvalue weighted by Gasteiger charge is 2.21. The van der Waals surface area contributed by atoms with Crippen LogP contribution in [0.3, 0.4) is 0 Å². The largest absolute Gasteiger partial charge is 0.339 e. The zero-order chi connectivity index (χ0) is 15.1. The molecule has 0 radical (unpaired) electrons. The van der Waals surface area contributed by atoms with Crippen LogP contribution < -0.4 is 4.90 Å². The van der Waals surface area contributed by atoms with E-state index in [2.05, 4.69) is 21.4 Å². The highest BCUT2D eigenvalue weighted by Crippen LogP contribution is 2.12. The lowest BCUT2D eigenvalue weighted by Gasteiger charge is -2.34. The Morgan fingerprint density at radius 3 is 2.57 bits per heavy atom. The van der Waals surface area contributed by atoms with Gasteiger partial charge in [-0.2, -0.15) is 11.8 Å². The minimum Gasteiger partial charge on any atom is -0.339 e. The van der Waals surface area contributed by atoms with Crippen molar-refractivity contribution in [2.75, 3.05) is 42.6 Å². The van der Waals surface area contributed by atoms with Crippen LogP contribution in [0.15, 0.2) is 30.6 Å². The summed E-state index contributed by atoms with van der Waals surface area (Å²) in [4.78, 5) is 24.7. The fourth-order valence-electron chi connectivity index (χ4n) is 2.17. The van der Waals surface area contributed by atoms with E-state index < -0.39 is 0 Å². The van der Waals surface area contributed by atoms with Gasteiger partial charge in [0.2, 0.25) is 11.9 Å². The molecular formula is C15H22N4OS. The molecule has 1 aliphatic rings. The van der Waals surface area contributed by atoms with Crippen LogP contribution in [0.4, 0.5) is 5.95 Å². The van der Waals surface area contributed by atoms with Crippen LogP contribution in [0, 0.1) is 0 Å². The van der Waals surface area contributed by atoms with E-state index in [4.69, 9.17) is 0 Å². The monoisotopic (exact) mass is 306 g/mol. The second kappa shape index (κ2) is 8.02. The zero-order valence-electron chi connectivity index (χ0n) is 12.5. The molecule has 1 fully saturated rings. The average molecular weight is 306 g/mol. The van der Waals surface area contributed by atoms with Crippen molar-refractivity contribution in [2.24, 2.45) is 0 Å². The predicted molar refractivity (Wildman–Crippen MR) is 87.6 cm³/mol. The summed E-state index contributed by atoms with van der Waals surface area (Å²) in [5.74, 6) is 2.81. The van der Waals surface area contributed by atoms with Crippen molar-refractivity contribution >= 4 is 23.6 Å². The molecule has 0 atom stereocenters. The maximum absolute atomic E-state index is 12.1. The second-order valence-corrected chi connectivity index (χ2v) is 6.28. The third-order valence-electron chi connectivity index (χ3n) is 3.28. The number of anilines is 1. The molecule has 2 rings (SSSR count). The maximum atomic E-state index is 12.1. The lowest BCUT2D eigenvalue weighted by atomic mass is 10.3. The second-order valence-electron chi connectivity index (χ2n) is 5.18. The van der Waals surface area contributed by atoms with E-state index in [-0.39, 0.29) is 5.91 Å². The van der Waals surface area contributed by atoms with Gasteiger partial charge in [-0.25, -0.2) is 9.97 Å². The van der Waals surface area contributed by atoms with Crippen molar-refractivity contribution in [2.45, 2.75) is 13.3 Å². The standard InChI is InChI=1S/C15H22N4OS/c1-13(2)12-21-11-4-14(20)18-7-9-19(10-8-18)15-16-5-3-6-17-15/h3,5-6H,1,4,7-12H2,2H3. The van der Waals surface area contributed by atoms with E-state index >= 15 is 0 Å². The van der Waals surface area contributed by atoms with Crippen molar-refractivity contribution in [3.05, 3.63) is 30.6 Å². The topological polar surface area (TPSA) is 49.3 Å². The average Bonchev–Trinajstić information content (AvgIpc) is 2.52. The van der Waals surface area contributed by atoms with E-state index in [1.807, 2.05) is 17.9 Å². The summed E-state index contributed by atoms with van der Waals surface area (Å²) in [6.45, 7) is 8.98. The number of amides is 1. The van der Waals surface area contributed by atoms with Crippen molar-refractivity contribution < 1.29 is 4.79 Å². The van der Waals surface area contributed by atoms with E-state index in [1.54, 1.807) is 24.2 Å². The third-order valence-corrected chi connectivity index (χ3v) is 4.47. The molecule has 1 saturated heterocycles. The number of aromatic nitrogens is 2. The molecule has 0 spiro atoms. The summed E-state index contributed by atoms with van der Waals surface area (Å²) in [6.07, 6.45) is 4.11. The van der Waals surface area contributed by atoms with E-state index in [0.29, 0.717) is 6.42 Å². The van der Waals surface area contributed by atoms with Gasteiger partial charge in [0.15, 0.2) is 0 Å². The Balaban J connectivity index is 1.71. The fourth-order valence-corrected chi connectivity index (χ4v) is 2.99. The SMILES string of the molecule is C=C(C)CSCCC(=O)N1CCN(c2ncccn2)CC1. The fraction of sp³-hybridized carbons (Fsp3) is 0.533. The van der Waals surface area contributed by atoms with Crippen LogP contribution in [-0.2, 0) is 4.79 Å². The molecule has 1 aromatic rings. The molecule has 0 saturated carbocycles. The van der Waals surface area contributed by atoms with Gasteiger partial charge in [-0.05, 0) is 13.0 Å². The Morgan fingerprint density at radius 2 is 1.95 bits per heavy atom. The lowest BCUT2D eigenvalue weighted by molar-refractivity contribution is -0.131. The summed E-state index contributed by atoms with van der Waals surface area (Å²) >= 11 is 1.77. The van der Waals surface area contributed by atoms with Gasteiger partial charge >= 0.3 is 0 Å². The highest BCUT2D eigenvalue weighted by molar-refractivity contribution is 7.99. The molecule has 0 N–H and O–H groups in total. The van der Waals surface area contributed by atoms with Gasteiger partial charge in [0, 0.05) is 56.5 Å². The van der Waals surface area contributed by atoms with Crippen molar-refractivity contribution in [1.29, 1.82) is 0 Å². The molecule has 21 heavy (non-hydrogen) atoms. The summed E-state index contributed by atoms with van der Waals surface area (Å²) in [6, 6.07) is 1.81. The minimum atomic E-state index is 0.248. The van der Waals surface area contributed by atoms with Gasteiger partial charge in [0.05, 0.1) is 0 Å². The number of carbonyl (C=O) groups is 1. The Labute approximate surface area is 130 Å². The third kappa shape index (κ3) is 5.04. The number of nitrogens with zero attached hydrogens (tertiary/aromatic N) is 4. The summed E-state index contributed by atoms with van der Waals surface area (Å²) in [5, 5.41) is 0. The first kappa shape index (κ1) is 15.8. The first-order valence-electron chi connectivity index (χ1n) is 7.18. The first-order valence-corrected chi connectivity index (χ1v) is 8.34. The quantitative estimate of drug-likeness (QED) is 0.593. The molecule has 1 amide bonds. The van der Waals surface area contributed by atoms with Crippen molar-refractivity contribution in [1.82, 2.24) is 14.9 Å². The van der Waals surface area contributed by atoms with Gasteiger partial charge in [-0.1, -0.05) is 12.2 Å². The molecule has 0 unspecified atom stereocenters. The predicted octanol–water partition coefficient (Wildman–Crippen LogP) is 1.82. The highest BCUT2D eigenvalue weighted by atomic mass is 32.2. The Bertz CT molecular complexity index is 472. The van der Waals surface area contributed by atoms with Gasteiger partial charge in [-0.3, -0.25) is 4.79 Å². The Morgan fingerprint density at radius 1 is 1.29 bits per heavy atom. The van der Waals surface area contributed by atoms with Gasteiger partial charge in [-0.15, -0.1) is 0 Å². The maximum Gasteiger partial charge on any atom is 0.225 e. The van der Waals surface area contributed by atoms with E-state index in [9.17, 15) is 4.79 Å². The summed E-state index contributed by atoms with van der Waals surface area (Å²) < 4.78 is 0. The normalized spacial score (nSPS) is 15.1. The molecule has 1 aliphatic heterocycles. The zero-order valence-corrected chi connectivity index (χ0v) is 13.3. The lowest BCUT2D eigenvalue weighted by Crippen LogP contribution is -2.49. The van der Waals surface area contributed by atoms with Crippen molar-refractivity contribution in [3.63, 3.8) is 0 Å². The number of thioether (sulfide) groups is 1. The van der Waals surface area contributed by atoms with Gasteiger partial charge in [0.1, 0.15) is 0 Å². The molecule has 0 aliphatic carbocycles. The molecule has 1 aromatic heterocycles. The Hall–Kier alpha value is -1.56. The number of piperazine rings is 1. The smallest absolute Gasteiger partial charge is 0.225 e. The van der Waals surface area contributed by atoms with Crippen LogP contribution in [0.2, 0.25) is 0 Å². The van der Waals surface area contributed by atoms with Gasteiger partial charge < -0.3 is 9.80 Å². The summed E-state index contributed by atoms with van der Waals surface area (Å²) in [5.41, 5.74) is 1.16. The van der Waals surface area contributed by atoms with Gasteiger partial charge in [0.25, 0.3) is 0 Å². The number of carbonyl (C=O) groups excluding carboxylic acids is 1. The van der Waals surface area contributed by atoms with Crippen LogP contribution >= 0.6 is 11.8 Å². The minimum absolute atomic E-state index is 0.248. The molecule has 0 bridgehead atoms. The molecule has 2 heterocycles. The van der Waals surface area contributed by atoms with Crippen LogP contribution in [0.5, 0.6) is 0 Å². The first-order chi connectivity index (χ1) is 10.2. The van der Waals surface area contributed by atoms with Crippen LogP contribution in [-0.4, -0.2) is 58.5 Å². The van der Waals surface area contributed by atoms with Crippen molar-refractivity contribution in [3.8, 4) is 0 Å². The Kier molecular flexibility index (Phi) is 6.04. The number of hydrogen-bond donors (Lipinski definition) is 0. The van der Waals surface area contributed by atoms with Crippen LogP contribution in [0.25, 0.3) is 0 Å². The molecule has 114 valence electrons. The van der Waals surface area contributed by atoms with E-state index in [0.717, 1.165) is 49.2 Å². The molecule has 5 nitrogen and oxygen atoms in total. The summed E-state index contributed by atoms with van der Waals surface area (Å²) in [7, 11) is 0. The number of hydrogen-bond acceptors (Lipinski definition) is 5. The molecular weight excluding hydrogens is 284 g/mol. The van der Waals surface area contributed by atoms with Crippen LogP contribution in [0.1, 0.15) is 13.3 Å². The number of rotatable bonds is 6.